The van der Waals surface area contributed by atoms with Gasteiger partial charge in [0.1, 0.15) is 0 Å². The molecule has 2 heteroatoms. The molecule has 0 aliphatic carbocycles. The van der Waals surface area contributed by atoms with Crippen molar-refractivity contribution in [3.8, 4) is 0 Å². The van der Waals surface area contributed by atoms with Gasteiger partial charge >= 0.3 is 0 Å². The van der Waals surface area contributed by atoms with Crippen molar-refractivity contribution >= 4 is 22.5 Å². The first-order valence-electron chi connectivity index (χ1n) is 8.06. The van der Waals surface area contributed by atoms with E-state index in [4.69, 9.17) is 0 Å². The summed E-state index contributed by atoms with van der Waals surface area (Å²) in [6.07, 6.45) is 6.68. The van der Waals surface area contributed by atoms with Crippen LogP contribution < -0.4 is 0 Å². The van der Waals surface area contributed by atoms with Crippen LogP contribution in [0.1, 0.15) is 37.7 Å². The first-order valence-corrected chi connectivity index (χ1v) is 9.01. The second-order valence-electron chi connectivity index (χ2n) is 6.76. The number of fused-ring (bicyclic) bond motifs is 3. The smallest absolute Gasteiger partial charge is 0.0709 e. The lowest BCUT2D eigenvalue weighted by atomic mass is 9.80. The molecule has 0 spiro atoms. The molecule has 1 N–H and O–H groups in total. The van der Waals surface area contributed by atoms with Crippen molar-refractivity contribution in [2.24, 2.45) is 0 Å². The third kappa shape index (κ3) is 2.72. The maximum atomic E-state index is 11.2. The van der Waals surface area contributed by atoms with E-state index in [0.29, 0.717) is 10.5 Å². The molecular formula is C19H22OS. The Balaban J connectivity index is 1.65. The molecule has 2 heterocycles. The zero-order valence-electron chi connectivity index (χ0n) is 12.3. The van der Waals surface area contributed by atoms with Gasteiger partial charge in [0.05, 0.1) is 5.60 Å². The van der Waals surface area contributed by atoms with Crippen LogP contribution in [0.2, 0.25) is 0 Å². The van der Waals surface area contributed by atoms with Gasteiger partial charge in [-0.3, -0.25) is 0 Å². The molecule has 2 aliphatic rings. The van der Waals surface area contributed by atoms with Crippen LogP contribution in [0.3, 0.4) is 0 Å². The van der Waals surface area contributed by atoms with Crippen molar-refractivity contribution in [2.75, 3.05) is 0 Å². The summed E-state index contributed by atoms with van der Waals surface area (Å²) in [4.78, 5) is 0. The molecule has 2 atom stereocenters. The van der Waals surface area contributed by atoms with E-state index in [9.17, 15) is 5.11 Å². The number of rotatable bonds is 2. The molecule has 21 heavy (non-hydrogen) atoms. The Labute approximate surface area is 130 Å². The first kappa shape index (κ1) is 13.7. The average Bonchev–Trinajstić information content (AvgIpc) is 2.47. The number of aliphatic hydroxyl groups is 1. The van der Waals surface area contributed by atoms with E-state index in [-0.39, 0.29) is 0 Å². The van der Waals surface area contributed by atoms with Crippen LogP contribution in [0.15, 0.2) is 42.5 Å². The lowest BCUT2D eigenvalue weighted by Gasteiger charge is -2.44. The molecule has 110 valence electrons. The average molecular weight is 298 g/mol. The normalized spacial score (nSPS) is 32.2. The fourth-order valence-corrected chi connectivity index (χ4v) is 6.12. The predicted octanol–water partition coefficient (Wildman–Crippen LogP) is 4.56. The summed E-state index contributed by atoms with van der Waals surface area (Å²) >= 11 is 2.13. The number of thioether (sulfide) groups is 1. The molecule has 0 saturated carbocycles. The van der Waals surface area contributed by atoms with Crippen molar-refractivity contribution in [1.29, 1.82) is 0 Å². The highest BCUT2D eigenvalue weighted by atomic mass is 32.2. The summed E-state index contributed by atoms with van der Waals surface area (Å²) in [6, 6.07) is 15.0. The molecule has 2 aromatic rings. The lowest BCUT2D eigenvalue weighted by molar-refractivity contribution is 0.0133. The maximum Gasteiger partial charge on any atom is 0.0709 e. The summed E-state index contributed by atoms with van der Waals surface area (Å²) < 4.78 is 0. The van der Waals surface area contributed by atoms with E-state index in [1.807, 2.05) is 0 Å². The molecule has 0 radical (unpaired) electrons. The SMILES string of the molecule is OC1(Cc2cccc3ccccc23)CC2CCCC(C1)S2. The van der Waals surface area contributed by atoms with Gasteiger partial charge in [-0.05, 0) is 42.0 Å². The minimum Gasteiger partial charge on any atom is -0.389 e. The molecule has 0 aromatic heterocycles. The highest BCUT2D eigenvalue weighted by Crippen LogP contribution is 2.46. The zero-order chi connectivity index (χ0) is 14.3. The third-order valence-electron chi connectivity index (χ3n) is 5.05. The Morgan fingerprint density at radius 2 is 1.71 bits per heavy atom. The molecule has 2 bridgehead atoms. The van der Waals surface area contributed by atoms with Crippen LogP contribution in [-0.4, -0.2) is 21.2 Å². The van der Waals surface area contributed by atoms with Gasteiger partial charge in [0.15, 0.2) is 0 Å². The second kappa shape index (κ2) is 5.33. The van der Waals surface area contributed by atoms with Gasteiger partial charge in [-0.25, -0.2) is 0 Å². The van der Waals surface area contributed by atoms with Crippen molar-refractivity contribution in [2.45, 2.75) is 54.6 Å². The summed E-state index contributed by atoms with van der Waals surface area (Å²) in [6.45, 7) is 0. The summed E-state index contributed by atoms with van der Waals surface area (Å²) in [5.41, 5.74) is 0.811. The summed E-state index contributed by atoms with van der Waals surface area (Å²) in [7, 11) is 0. The Kier molecular flexibility index (Phi) is 3.47. The van der Waals surface area contributed by atoms with Gasteiger partial charge in [0.25, 0.3) is 0 Å². The Bertz CT molecular complexity index is 634. The molecule has 1 nitrogen and oxygen atoms in total. The predicted molar refractivity (Wildman–Crippen MR) is 90.9 cm³/mol. The fourth-order valence-electron chi connectivity index (χ4n) is 4.16. The minimum atomic E-state index is -0.495. The highest BCUT2D eigenvalue weighted by Gasteiger charge is 2.41. The minimum absolute atomic E-state index is 0.495. The first-order chi connectivity index (χ1) is 10.2. The highest BCUT2D eigenvalue weighted by molar-refractivity contribution is 8.00. The van der Waals surface area contributed by atoms with Crippen molar-refractivity contribution < 1.29 is 5.11 Å². The Hall–Kier alpha value is -0.990. The van der Waals surface area contributed by atoms with E-state index in [1.54, 1.807) is 0 Å². The number of hydrogen-bond acceptors (Lipinski definition) is 2. The van der Waals surface area contributed by atoms with Gasteiger partial charge in [0, 0.05) is 16.9 Å². The van der Waals surface area contributed by atoms with Gasteiger partial charge in [-0.2, -0.15) is 11.8 Å². The van der Waals surface area contributed by atoms with Crippen LogP contribution in [0.4, 0.5) is 0 Å². The van der Waals surface area contributed by atoms with Crippen molar-refractivity contribution in [1.82, 2.24) is 0 Å². The lowest BCUT2D eigenvalue weighted by Crippen LogP contribution is -2.44. The van der Waals surface area contributed by atoms with E-state index < -0.39 is 5.60 Å². The summed E-state index contributed by atoms with van der Waals surface area (Å²) in [5, 5.41) is 15.1. The molecular weight excluding hydrogens is 276 g/mol. The third-order valence-corrected chi connectivity index (χ3v) is 6.63. The zero-order valence-corrected chi connectivity index (χ0v) is 13.1. The van der Waals surface area contributed by atoms with Crippen molar-refractivity contribution in [3.63, 3.8) is 0 Å². The second-order valence-corrected chi connectivity index (χ2v) is 8.36. The molecule has 2 saturated heterocycles. The van der Waals surface area contributed by atoms with Crippen LogP contribution in [0.5, 0.6) is 0 Å². The topological polar surface area (TPSA) is 20.2 Å². The van der Waals surface area contributed by atoms with Crippen LogP contribution in [0.25, 0.3) is 10.8 Å². The van der Waals surface area contributed by atoms with Gasteiger partial charge < -0.3 is 5.11 Å². The van der Waals surface area contributed by atoms with Gasteiger partial charge in [0.2, 0.25) is 0 Å². The Morgan fingerprint density at radius 1 is 1.00 bits per heavy atom. The van der Waals surface area contributed by atoms with Crippen LogP contribution >= 0.6 is 11.8 Å². The van der Waals surface area contributed by atoms with E-state index in [0.717, 1.165) is 19.3 Å². The van der Waals surface area contributed by atoms with E-state index >= 15 is 0 Å². The molecule has 2 aliphatic heterocycles. The fraction of sp³-hybridized carbons (Fsp3) is 0.474. The van der Waals surface area contributed by atoms with Crippen molar-refractivity contribution in [3.05, 3.63) is 48.0 Å². The molecule has 2 aromatic carbocycles. The standard InChI is InChI=1S/C19H22OS/c20-19(12-16-8-4-9-17(13-19)21-16)11-15-7-3-6-14-5-1-2-10-18(14)15/h1-3,5-7,10,16-17,20H,4,8-9,11-13H2. The van der Waals surface area contributed by atoms with Gasteiger partial charge in [-0.1, -0.05) is 48.9 Å². The van der Waals surface area contributed by atoms with E-state index in [2.05, 4.69) is 54.2 Å². The monoisotopic (exact) mass is 298 g/mol. The van der Waals surface area contributed by atoms with Crippen LogP contribution in [-0.2, 0) is 6.42 Å². The van der Waals surface area contributed by atoms with E-state index in [1.165, 1.54) is 35.6 Å². The molecule has 0 amide bonds. The maximum absolute atomic E-state index is 11.2. The van der Waals surface area contributed by atoms with Crippen LogP contribution in [0, 0.1) is 0 Å². The molecule has 2 unspecified atom stereocenters. The largest absolute Gasteiger partial charge is 0.389 e. The number of hydrogen-bond donors (Lipinski definition) is 1. The molecule has 4 rings (SSSR count). The number of benzene rings is 2. The summed E-state index contributed by atoms with van der Waals surface area (Å²) in [5.74, 6) is 0. The quantitative estimate of drug-likeness (QED) is 0.877. The van der Waals surface area contributed by atoms with Gasteiger partial charge in [-0.15, -0.1) is 0 Å². The Morgan fingerprint density at radius 3 is 2.52 bits per heavy atom. The molecule has 2 fully saturated rings.